The zero-order valence-corrected chi connectivity index (χ0v) is 15.2. The van der Waals surface area contributed by atoms with E-state index in [0.29, 0.717) is 12.0 Å². The van der Waals surface area contributed by atoms with E-state index in [1.54, 1.807) is 0 Å². The van der Waals surface area contributed by atoms with E-state index in [1.807, 2.05) is 18.5 Å². The van der Waals surface area contributed by atoms with Crippen LogP contribution in [0.3, 0.4) is 0 Å². The van der Waals surface area contributed by atoms with E-state index in [-0.39, 0.29) is 0 Å². The molecule has 0 spiro atoms. The van der Waals surface area contributed by atoms with E-state index in [0.717, 1.165) is 32.7 Å². The van der Waals surface area contributed by atoms with Gasteiger partial charge in [-0.25, -0.2) is 5.43 Å². The number of hydrogen-bond donors (Lipinski definition) is 2. The Morgan fingerprint density at radius 1 is 1.08 bits per heavy atom. The van der Waals surface area contributed by atoms with Gasteiger partial charge in [0.25, 0.3) is 0 Å². The minimum absolute atomic E-state index is 0.358. The molecule has 1 saturated heterocycles. The summed E-state index contributed by atoms with van der Waals surface area (Å²) in [5, 5.41) is 0. The Labute approximate surface area is 151 Å². The quantitative estimate of drug-likeness (QED) is 0.769. The maximum atomic E-state index is 4.27. The summed E-state index contributed by atoms with van der Waals surface area (Å²) < 4.78 is 0. The van der Waals surface area contributed by atoms with Crippen LogP contribution < -0.4 is 10.9 Å². The fourth-order valence-corrected chi connectivity index (χ4v) is 3.38. The van der Waals surface area contributed by atoms with Crippen molar-refractivity contribution < 1.29 is 0 Å². The summed E-state index contributed by atoms with van der Waals surface area (Å²) in [6.07, 6.45) is 3.81. The maximum absolute atomic E-state index is 4.27. The van der Waals surface area contributed by atoms with Crippen molar-refractivity contribution in [3.05, 3.63) is 66.0 Å². The third-order valence-electron chi connectivity index (χ3n) is 4.74. The number of aromatic nitrogens is 1. The second-order valence-electron chi connectivity index (χ2n) is 7.07. The van der Waals surface area contributed by atoms with Gasteiger partial charge in [0, 0.05) is 51.0 Å². The molecule has 2 aromatic rings. The second-order valence-corrected chi connectivity index (χ2v) is 7.07. The minimum atomic E-state index is 0.358. The number of pyridine rings is 1. The van der Waals surface area contributed by atoms with Gasteiger partial charge in [-0.2, -0.15) is 0 Å². The smallest absolute Gasteiger partial charge is 0.0515 e. The molecule has 2 atom stereocenters. The summed E-state index contributed by atoms with van der Waals surface area (Å²) in [5.74, 6) is 0.543. The minimum Gasteiger partial charge on any atom is -0.308 e. The average molecular weight is 339 g/mol. The first-order valence-corrected chi connectivity index (χ1v) is 9.01. The van der Waals surface area contributed by atoms with Crippen LogP contribution in [-0.4, -0.2) is 55.1 Å². The molecule has 25 heavy (non-hydrogen) atoms. The molecule has 0 aliphatic carbocycles. The molecular weight excluding hydrogens is 310 g/mol. The molecule has 0 amide bonds. The highest BCUT2D eigenvalue weighted by molar-refractivity contribution is 5.21. The summed E-state index contributed by atoms with van der Waals surface area (Å²) in [4.78, 5) is 9.06. The third kappa shape index (κ3) is 5.34. The molecule has 3 rings (SSSR count). The van der Waals surface area contributed by atoms with Gasteiger partial charge in [0.1, 0.15) is 0 Å². The van der Waals surface area contributed by atoms with Crippen molar-refractivity contribution in [2.45, 2.75) is 12.6 Å². The topological polar surface area (TPSA) is 43.4 Å². The van der Waals surface area contributed by atoms with E-state index < -0.39 is 0 Å². The lowest BCUT2D eigenvalue weighted by atomic mass is 9.94. The fraction of sp³-hybridized carbons (Fsp3) is 0.450. The van der Waals surface area contributed by atoms with E-state index in [2.05, 4.69) is 76.1 Å². The molecule has 0 radical (unpaired) electrons. The van der Waals surface area contributed by atoms with Gasteiger partial charge in [-0.15, -0.1) is 0 Å². The first kappa shape index (κ1) is 18.0. The van der Waals surface area contributed by atoms with Gasteiger partial charge < -0.3 is 4.90 Å². The van der Waals surface area contributed by atoms with Crippen molar-refractivity contribution in [1.29, 1.82) is 0 Å². The molecule has 2 unspecified atom stereocenters. The largest absolute Gasteiger partial charge is 0.308 e. The summed E-state index contributed by atoms with van der Waals surface area (Å²) in [7, 11) is 4.27. The predicted octanol–water partition coefficient (Wildman–Crippen LogP) is 1.91. The van der Waals surface area contributed by atoms with Gasteiger partial charge in [0.2, 0.25) is 0 Å². The lowest BCUT2D eigenvalue weighted by Gasteiger charge is -2.29. The number of hydrazine groups is 1. The molecule has 1 aliphatic rings. The number of nitrogens with zero attached hydrogens (tertiary/aromatic N) is 3. The second kappa shape index (κ2) is 9.06. The van der Waals surface area contributed by atoms with Crippen LogP contribution in [0.5, 0.6) is 0 Å². The molecular formula is C20H29N5. The molecule has 1 aliphatic heterocycles. The molecule has 5 nitrogen and oxygen atoms in total. The Hall–Kier alpha value is -1.79. The van der Waals surface area contributed by atoms with Crippen LogP contribution in [0.15, 0.2) is 54.9 Å². The Kier molecular flexibility index (Phi) is 6.53. The number of hydrogen-bond acceptors (Lipinski definition) is 5. The van der Waals surface area contributed by atoms with Crippen molar-refractivity contribution in [2.24, 2.45) is 5.92 Å². The van der Waals surface area contributed by atoms with E-state index in [9.17, 15) is 0 Å². The zero-order valence-electron chi connectivity index (χ0n) is 15.2. The number of likely N-dealkylation sites (N-methyl/N-ethyl adjacent to an activating group) is 1. The van der Waals surface area contributed by atoms with Crippen LogP contribution in [0.2, 0.25) is 0 Å². The van der Waals surface area contributed by atoms with E-state index >= 15 is 0 Å². The van der Waals surface area contributed by atoms with Gasteiger partial charge in [-0.1, -0.05) is 36.4 Å². The number of nitrogens with one attached hydrogen (secondary N) is 2. The lowest BCUT2D eigenvalue weighted by molar-refractivity contribution is 0.198. The van der Waals surface area contributed by atoms with Gasteiger partial charge in [0.15, 0.2) is 0 Å². The van der Waals surface area contributed by atoms with Crippen molar-refractivity contribution in [3.63, 3.8) is 0 Å². The van der Waals surface area contributed by atoms with Crippen LogP contribution in [0.1, 0.15) is 17.2 Å². The average Bonchev–Trinajstić information content (AvgIpc) is 3.09. The summed E-state index contributed by atoms with van der Waals surface area (Å²) >= 11 is 0. The number of benzene rings is 1. The lowest BCUT2D eigenvalue weighted by Crippen LogP contribution is -2.37. The van der Waals surface area contributed by atoms with Crippen LogP contribution in [0, 0.1) is 5.92 Å². The van der Waals surface area contributed by atoms with Crippen LogP contribution in [-0.2, 0) is 6.54 Å². The van der Waals surface area contributed by atoms with Crippen molar-refractivity contribution in [3.8, 4) is 0 Å². The van der Waals surface area contributed by atoms with Gasteiger partial charge in [-0.05, 0) is 31.3 Å². The normalized spacial score (nSPS) is 20.5. The van der Waals surface area contributed by atoms with Crippen molar-refractivity contribution in [1.82, 2.24) is 25.6 Å². The zero-order chi connectivity index (χ0) is 17.5. The van der Waals surface area contributed by atoms with Crippen molar-refractivity contribution >= 4 is 0 Å². The molecule has 0 bridgehead atoms. The monoisotopic (exact) mass is 339 g/mol. The maximum Gasteiger partial charge on any atom is 0.0515 e. The highest BCUT2D eigenvalue weighted by atomic mass is 15.4. The molecule has 2 heterocycles. The third-order valence-corrected chi connectivity index (χ3v) is 4.74. The van der Waals surface area contributed by atoms with Crippen molar-refractivity contribution in [2.75, 3.05) is 40.3 Å². The molecule has 134 valence electrons. The summed E-state index contributed by atoms with van der Waals surface area (Å²) in [6, 6.07) is 15.3. The van der Waals surface area contributed by atoms with E-state index in [1.165, 1.54) is 11.1 Å². The fourth-order valence-electron chi connectivity index (χ4n) is 3.38. The first-order chi connectivity index (χ1) is 12.2. The van der Waals surface area contributed by atoms with Crippen LogP contribution >= 0.6 is 0 Å². The molecule has 1 aromatic heterocycles. The van der Waals surface area contributed by atoms with Crippen LogP contribution in [0.4, 0.5) is 0 Å². The Morgan fingerprint density at radius 3 is 2.64 bits per heavy atom. The van der Waals surface area contributed by atoms with Gasteiger partial charge in [0.05, 0.1) is 6.04 Å². The van der Waals surface area contributed by atoms with Gasteiger partial charge in [-0.3, -0.25) is 15.3 Å². The highest BCUT2D eigenvalue weighted by Gasteiger charge is 2.29. The molecule has 5 heteroatoms. The summed E-state index contributed by atoms with van der Waals surface area (Å²) in [6.45, 7) is 5.11. The Balaban J connectivity index is 1.67. The predicted molar refractivity (Wildman–Crippen MR) is 102 cm³/mol. The van der Waals surface area contributed by atoms with E-state index in [4.69, 9.17) is 0 Å². The first-order valence-electron chi connectivity index (χ1n) is 9.01. The Bertz CT molecular complexity index is 616. The molecule has 1 fully saturated rings. The standard InChI is InChI=1S/C20H29N5/c1-24(2)11-12-25(15-17-7-6-10-21-13-17)16-19-14-22-23-20(19)18-8-4-3-5-9-18/h3-10,13,19-20,22-23H,11-12,14-16H2,1-2H3. The molecule has 0 saturated carbocycles. The number of rotatable bonds is 8. The summed E-state index contributed by atoms with van der Waals surface area (Å²) in [5.41, 5.74) is 9.44. The van der Waals surface area contributed by atoms with Crippen LogP contribution in [0.25, 0.3) is 0 Å². The van der Waals surface area contributed by atoms with Gasteiger partial charge >= 0.3 is 0 Å². The highest BCUT2D eigenvalue weighted by Crippen LogP contribution is 2.25. The SMILES string of the molecule is CN(C)CCN(Cc1cccnc1)CC1CNNC1c1ccccc1. The molecule has 1 aromatic carbocycles. The molecule has 2 N–H and O–H groups in total. The Morgan fingerprint density at radius 2 is 1.92 bits per heavy atom.